The van der Waals surface area contributed by atoms with E-state index in [0.717, 1.165) is 24.4 Å². The largest absolute Gasteiger partial charge is 0.459 e. The predicted molar refractivity (Wildman–Crippen MR) is 90.7 cm³/mol. The summed E-state index contributed by atoms with van der Waals surface area (Å²) in [5.74, 6) is 1.60. The van der Waals surface area contributed by atoms with Gasteiger partial charge in [-0.2, -0.15) is 0 Å². The van der Waals surface area contributed by atoms with Gasteiger partial charge in [-0.25, -0.2) is 0 Å². The Balaban J connectivity index is 0.00000176. The van der Waals surface area contributed by atoms with Gasteiger partial charge in [-0.15, -0.1) is 24.2 Å². The molecule has 2 heterocycles. The van der Waals surface area contributed by atoms with Crippen molar-refractivity contribution in [1.82, 2.24) is 10.6 Å². The molecule has 4 nitrogen and oxygen atoms in total. The van der Waals surface area contributed by atoms with Crippen LogP contribution >= 0.6 is 24.2 Å². The molecule has 6 heteroatoms. The zero-order chi connectivity index (χ0) is 14.5. The van der Waals surface area contributed by atoms with E-state index in [-0.39, 0.29) is 18.3 Å². The summed E-state index contributed by atoms with van der Waals surface area (Å²) in [6.07, 6.45) is 1.58. The molecule has 0 atom stereocenters. The number of carbonyl (C=O) groups is 1. The lowest BCUT2D eigenvalue weighted by molar-refractivity contribution is 0.0913. The SMILES string of the molecule is Cl.O=C(NCC1CNC1)c1occc1CSc1ccccc1. The number of carbonyl (C=O) groups excluding carboxylic acids is 1. The molecule has 1 amide bonds. The number of hydrogen-bond donors (Lipinski definition) is 2. The number of furan rings is 1. The molecule has 0 spiro atoms. The maximum atomic E-state index is 12.1. The summed E-state index contributed by atoms with van der Waals surface area (Å²) in [7, 11) is 0. The highest BCUT2D eigenvalue weighted by Crippen LogP contribution is 2.24. The molecular weight excluding hydrogens is 320 g/mol. The number of nitrogens with one attached hydrogen (secondary N) is 2. The van der Waals surface area contributed by atoms with Crippen LogP contribution in [0, 0.1) is 5.92 Å². The predicted octanol–water partition coefficient (Wildman–Crippen LogP) is 2.94. The second-order valence-corrected chi connectivity index (χ2v) is 6.16. The summed E-state index contributed by atoms with van der Waals surface area (Å²) >= 11 is 1.70. The molecule has 0 saturated carbocycles. The minimum Gasteiger partial charge on any atom is -0.459 e. The number of amides is 1. The smallest absolute Gasteiger partial charge is 0.287 e. The van der Waals surface area contributed by atoms with E-state index in [4.69, 9.17) is 4.42 Å². The van der Waals surface area contributed by atoms with Crippen LogP contribution in [-0.2, 0) is 5.75 Å². The molecular formula is C16H19ClN2O2S. The first-order valence-electron chi connectivity index (χ1n) is 7.06. The molecule has 0 bridgehead atoms. The van der Waals surface area contributed by atoms with Crippen LogP contribution in [0.15, 0.2) is 52.0 Å². The molecule has 118 valence electrons. The van der Waals surface area contributed by atoms with Crippen LogP contribution in [-0.4, -0.2) is 25.5 Å². The van der Waals surface area contributed by atoms with Crippen LogP contribution in [0.5, 0.6) is 0 Å². The van der Waals surface area contributed by atoms with Crippen LogP contribution in [0.4, 0.5) is 0 Å². The summed E-state index contributed by atoms with van der Waals surface area (Å²) in [6.45, 7) is 2.67. The lowest BCUT2D eigenvalue weighted by atomic mass is 10.0. The molecule has 1 fully saturated rings. The van der Waals surface area contributed by atoms with E-state index < -0.39 is 0 Å². The van der Waals surface area contributed by atoms with Gasteiger partial charge in [-0.3, -0.25) is 4.79 Å². The minimum atomic E-state index is -0.115. The maximum Gasteiger partial charge on any atom is 0.287 e. The van der Waals surface area contributed by atoms with E-state index in [1.165, 1.54) is 4.90 Å². The van der Waals surface area contributed by atoms with E-state index in [9.17, 15) is 4.79 Å². The van der Waals surface area contributed by atoms with Crippen LogP contribution in [0.25, 0.3) is 0 Å². The van der Waals surface area contributed by atoms with Crippen molar-refractivity contribution < 1.29 is 9.21 Å². The second kappa shape index (κ2) is 8.27. The van der Waals surface area contributed by atoms with Crippen molar-refractivity contribution in [2.24, 2.45) is 5.92 Å². The van der Waals surface area contributed by atoms with Gasteiger partial charge in [-0.05, 0) is 18.2 Å². The van der Waals surface area contributed by atoms with Crippen LogP contribution in [0.2, 0.25) is 0 Å². The van der Waals surface area contributed by atoms with Gasteiger partial charge in [0.1, 0.15) is 0 Å². The monoisotopic (exact) mass is 338 g/mol. The first-order chi connectivity index (χ1) is 10.3. The molecule has 2 aromatic rings. The lowest BCUT2D eigenvalue weighted by Crippen LogP contribution is -2.48. The molecule has 2 N–H and O–H groups in total. The Morgan fingerprint density at radius 1 is 1.27 bits per heavy atom. The van der Waals surface area contributed by atoms with E-state index in [0.29, 0.717) is 18.2 Å². The molecule has 1 aromatic heterocycles. The highest BCUT2D eigenvalue weighted by Gasteiger charge is 2.20. The second-order valence-electron chi connectivity index (χ2n) is 5.11. The van der Waals surface area contributed by atoms with Crippen molar-refractivity contribution in [2.75, 3.05) is 19.6 Å². The molecule has 1 aliphatic heterocycles. The summed E-state index contributed by atoms with van der Waals surface area (Å²) in [6, 6.07) is 12.0. The average molecular weight is 339 g/mol. The maximum absolute atomic E-state index is 12.1. The first-order valence-corrected chi connectivity index (χ1v) is 8.04. The van der Waals surface area contributed by atoms with Gasteiger partial charge >= 0.3 is 0 Å². The van der Waals surface area contributed by atoms with E-state index in [2.05, 4.69) is 22.8 Å². The zero-order valence-electron chi connectivity index (χ0n) is 12.1. The zero-order valence-corrected chi connectivity index (χ0v) is 13.7. The molecule has 22 heavy (non-hydrogen) atoms. The van der Waals surface area contributed by atoms with Gasteiger partial charge in [0, 0.05) is 41.8 Å². The third-order valence-electron chi connectivity index (χ3n) is 3.51. The third kappa shape index (κ3) is 4.29. The van der Waals surface area contributed by atoms with Crippen molar-refractivity contribution >= 4 is 30.1 Å². The molecule has 1 aromatic carbocycles. The standard InChI is InChI=1S/C16H18N2O2S.ClH/c19-16(18-10-12-8-17-9-12)15-13(6-7-20-15)11-21-14-4-2-1-3-5-14;/h1-7,12,17H,8-11H2,(H,18,19);1H. The van der Waals surface area contributed by atoms with E-state index >= 15 is 0 Å². The number of benzene rings is 1. The van der Waals surface area contributed by atoms with Gasteiger partial charge < -0.3 is 15.1 Å². The van der Waals surface area contributed by atoms with Crippen LogP contribution in [0.1, 0.15) is 16.1 Å². The molecule has 0 aliphatic carbocycles. The molecule has 0 unspecified atom stereocenters. The summed E-state index contributed by atoms with van der Waals surface area (Å²) in [5.41, 5.74) is 0.938. The normalized spacial score (nSPS) is 14.0. The van der Waals surface area contributed by atoms with Gasteiger partial charge in [-0.1, -0.05) is 18.2 Å². The Labute approximate surface area is 140 Å². The highest BCUT2D eigenvalue weighted by molar-refractivity contribution is 7.98. The van der Waals surface area contributed by atoms with Crippen LogP contribution in [0.3, 0.4) is 0 Å². The first kappa shape index (κ1) is 16.9. The number of thioether (sulfide) groups is 1. The van der Waals surface area contributed by atoms with Crippen molar-refractivity contribution in [3.05, 3.63) is 54.0 Å². The Kier molecular flexibility index (Phi) is 6.36. The van der Waals surface area contributed by atoms with E-state index in [1.54, 1.807) is 18.0 Å². The lowest BCUT2D eigenvalue weighted by Gasteiger charge is -2.26. The Morgan fingerprint density at radius 3 is 2.73 bits per heavy atom. The molecule has 1 aliphatic rings. The van der Waals surface area contributed by atoms with Crippen molar-refractivity contribution in [2.45, 2.75) is 10.6 Å². The fourth-order valence-electron chi connectivity index (χ4n) is 2.14. The van der Waals surface area contributed by atoms with Gasteiger partial charge in [0.15, 0.2) is 5.76 Å². The number of rotatable bonds is 6. The molecule has 1 saturated heterocycles. The highest BCUT2D eigenvalue weighted by atomic mass is 35.5. The van der Waals surface area contributed by atoms with E-state index in [1.807, 2.05) is 24.3 Å². The fraction of sp³-hybridized carbons (Fsp3) is 0.312. The quantitative estimate of drug-likeness (QED) is 0.795. The summed E-state index contributed by atoms with van der Waals surface area (Å²) in [5, 5.41) is 6.14. The van der Waals surface area contributed by atoms with Gasteiger partial charge in [0.25, 0.3) is 5.91 Å². The van der Waals surface area contributed by atoms with Gasteiger partial charge in [0.05, 0.1) is 6.26 Å². The Bertz CT molecular complexity index is 599. The topological polar surface area (TPSA) is 54.3 Å². The number of hydrogen-bond acceptors (Lipinski definition) is 4. The van der Waals surface area contributed by atoms with Crippen molar-refractivity contribution in [3.8, 4) is 0 Å². The number of halogens is 1. The Morgan fingerprint density at radius 2 is 2.05 bits per heavy atom. The minimum absolute atomic E-state index is 0. The summed E-state index contributed by atoms with van der Waals surface area (Å²) in [4.78, 5) is 13.3. The van der Waals surface area contributed by atoms with Crippen LogP contribution < -0.4 is 10.6 Å². The molecule has 3 rings (SSSR count). The average Bonchev–Trinajstić information content (AvgIpc) is 2.93. The van der Waals surface area contributed by atoms with Gasteiger partial charge in [0.2, 0.25) is 0 Å². The molecule has 0 radical (unpaired) electrons. The van der Waals surface area contributed by atoms with Crippen molar-refractivity contribution in [1.29, 1.82) is 0 Å². The van der Waals surface area contributed by atoms with Crippen molar-refractivity contribution in [3.63, 3.8) is 0 Å². The Hall–Kier alpha value is -1.43. The third-order valence-corrected chi connectivity index (χ3v) is 4.57. The fourth-order valence-corrected chi connectivity index (χ4v) is 3.04. The summed E-state index contributed by atoms with van der Waals surface area (Å²) < 4.78 is 5.36.